The van der Waals surface area contributed by atoms with Crippen LogP contribution in [0.4, 0.5) is 0 Å². The van der Waals surface area contributed by atoms with E-state index >= 15 is 0 Å². The molecule has 0 saturated heterocycles. The molecule has 0 spiro atoms. The molecule has 0 aromatic carbocycles. The van der Waals surface area contributed by atoms with E-state index in [9.17, 15) is 0 Å². The van der Waals surface area contributed by atoms with Crippen LogP contribution in [-0.2, 0) is 12.5 Å². The van der Waals surface area contributed by atoms with Crippen LogP contribution < -0.4 is 0 Å². The second-order valence-electron chi connectivity index (χ2n) is 6.66. The largest absolute Gasteiger partial charge is 0.265 e. The van der Waals surface area contributed by atoms with Crippen LogP contribution in [0, 0.1) is 0 Å². The molecule has 0 amide bonds. The molecule has 0 N–H and O–H groups in total. The molecule has 0 fully saturated rings. The zero-order valence-corrected chi connectivity index (χ0v) is 14.7. The summed E-state index contributed by atoms with van der Waals surface area (Å²) in [6.45, 7) is 6.45. The maximum absolute atomic E-state index is 4.70. The van der Waals surface area contributed by atoms with Crippen LogP contribution in [0.3, 0.4) is 0 Å². The number of aromatic nitrogens is 7. The fourth-order valence-electron chi connectivity index (χ4n) is 2.43. The third-order valence-electron chi connectivity index (χ3n) is 3.78. The predicted molar refractivity (Wildman–Crippen MR) is 92.8 cm³/mol. The summed E-state index contributed by atoms with van der Waals surface area (Å²) in [4.78, 5) is 4.89. The minimum Gasteiger partial charge on any atom is -0.265 e. The van der Waals surface area contributed by atoms with Crippen LogP contribution in [0.25, 0.3) is 27.1 Å². The van der Waals surface area contributed by atoms with Crippen molar-refractivity contribution in [3.8, 4) is 22.1 Å². The molecule has 0 aliphatic rings. The van der Waals surface area contributed by atoms with E-state index in [1.165, 1.54) is 11.3 Å². The molecular weight excluding hydrogens is 322 g/mol. The summed E-state index contributed by atoms with van der Waals surface area (Å²) >= 11 is 1.50. The van der Waals surface area contributed by atoms with Gasteiger partial charge in [-0.1, -0.05) is 32.1 Å². The molecule has 0 bridgehead atoms. The van der Waals surface area contributed by atoms with Gasteiger partial charge < -0.3 is 0 Å². The topological polar surface area (TPSA) is 73.8 Å². The van der Waals surface area contributed by atoms with Gasteiger partial charge in [0.05, 0.1) is 11.4 Å². The summed E-state index contributed by atoms with van der Waals surface area (Å²) in [6, 6.07) is 5.92. The highest BCUT2D eigenvalue weighted by atomic mass is 32.1. The molecule has 4 rings (SSSR count). The van der Waals surface area contributed by atoms with Gasteiger partial charge in [-0.15, -0.1) is 10.2 Å². The molecule has 0 atom stereocenters. The van der Waals surface area contributed by atoms with Crippen LogP contribution in [-0.4, -0.2) is 34.6 Å². The van der Waals surface area contributed by atoms with Gasteiger partial charge in [-0.3, -0.25) is 9.67 Å². The minimum atomic E-state index is -0.00412. The summed E-state index contributed by atoms with van der Waals surface area (Å²) < 4.78 is 3.64. The van der Waals surface area contributed by atoms with Crippen LogP contribution in [0.1, 0.15) is 26.5 Å². The van der Waals surface area contributed by atoms with Gasteiger partial charge in [0, 0.05) is 30.4 Å². The highest BCUT2D eigenvalue weighted by Crippen LogP contribution is 2.30. The van der Waals surface area contributed by atoms with Gasteiger partial charge in [0.15, 0.2) is 10.8 Å². The standard InChI is InChI=1S/C16H17N7S/c1-16(2,3)12-8-11(22(4)20-12)14-21-23-13(18-19-15(23)24-14)10-6-5-7-17-9-10/h5-9H,1-4H3. The Bertz CT molecular complexity index is 1000. The number of hydrogen-bond donors (Lipinski definition) is 0. The fraction of sp³-hybridized carbons (Fsp3) is 0.312. The molecule has 7 nitrogen and oxygen atoms in total. The predicted octanol–water partition coefficient (Wildman–Crippen LogP) is 2.95. The molecule has 0 unspecified atom stereocenters. The molecule has 24 heavy (non-hydrogen) atoms. The van der Waals surface area contributed by atoms with E-state index in [2.05, 4.69) is 47.1 Å². The van der Waals surface area contributed by atoms with E-state index in [0.29, 0.717) is 5.82 Å². The van der Waals surface area contributed by atoms with E-state index in [-0.39, 0.29) is 5.41 Å². The Morgan fingerprint density at radius 2 is 1.96 bits per heavy atom. The lowest BCUT2D eigenvalue weighted by Crippen LogP contribution is -2.12. The smallest absolute Gasteiger partial charge is 0.235 e. The van der Waals surface area contributed by atoms with Gasteiger partial charge in [0.1, 0.15) is 0 Å². The molecule has 4 aromatic rings. The third kappa shape index (κ3) is 2.39. The molecule has 0 aliphatic carbocycles. The first kappa shape index (κ1) is 14.9. The van der Waals surface area contributed by atoms with Crippen LogP contribution >= 0.6 is 11.3 Å². The molecular formula is C16H17N7S. The van der Waals surface area contributed by atoms with Gasteiger partial charge in [0.25, 0.3) is 0 Å². The van der Waals surface area contributed by atoms with Crippen molar-refractivity contribution < 1.29 is 0 Å². The van der Waals surface area contributed by atoms with Crippen LogP contribution in [0.2, 0.25) is 0 Å². The van der Waals surface area contributed by atoms with Crippen LogP contribution in [0.15, 0.2) is 30.6 Å². The summed E-state index contributed by atoms with van der Waals surface area (Å²) in [5.74, 6) is 0.693. The number of fused-ring (bicyclic) bond motifs is 1. The van der Waals surface area contributed by atoms with E-state index in [4.69, 9.17) is 5.10 Å². The molecule has 8 heteroatoms. The quantitative estimate of drug-likeness (QED) is 0.561. The molecule has 0 saturated carbocycles. The van der Waals surface area contributed by atoms with Crippen molar-refractivity contribution in [3.63, 3.8) is 0 Å². The fourth-order valence-corrected chi connectivity index (χ4v) is 3.32. The summed E-state index contributed by atoms with van der Waals surface area (Å²) in [6.07, 6.45) is 3.50. The van der Waals surface area contributed by atoms with Gasteiger partial charge in [-0.25, -0.2) is 0 Å². The molecule has 0 aliphatic heterocycles. The second-order valence-corrected chi connectivity index (χ2v) is 7.61. The molecule has 4 aromatic heterocycles. The average molecular weight is 339 g/mol. The van der Waals surface area contributed by atoms with Crippen molar-refractivity contribution in [1.29, 1.82) is 0 Å². The Balaban J connectivity index is 1.83. The Morgan fingerprint density at radius 1 is 1.12 bits per heavy atom. The zero-order valence-electron chi connectivity index (χ0n) is 13.9. The molecule has 0 radical (unpaired) electrons. The summed E-state index contributed by atoms with van der Waals surface area (Å²) in [7, 11) is 1.94. The summed E-state index contributed by atoms with van der Waals surface area (Å²) in [5, 5.41) is 18.7. The van der Waals surface area contributed by atoms with Crippen molar-refractivity contribution >= 4 is 16.3 Å². The van der Waals surface area contributed by atoms with E-state index in [1.807, 2.05) is 23.9 Å². The zero-order chi connectivity index (χ0) is 16.9. The molecule has 122 valence electrons. The van der Waals surface area contributed by atoms with Crippen LogP contribution in [0.5, 0.6) is 0 Å². The number of hydrogen-bond acceptors (Lipinski definition) is 6. The maximum atomic E-state index is 4.70. The van der Waals surface area contributed by atoms with E-state index in [0.717, 1.165) is 26.9 Å². The molecule has 4 heterocycles. The third-order valence-corrected chi connectivity index (χ3v) is 4.70. The average Bonchev–Trinajstić information content (AvgIpc) is 3.20. The highest BCUT2D eigenvalue weighted by molar-refractivity contribution is 7.19. The number of rotatable bonds is 2. The van der Waals surface area contributed by atoms with Gasteiger partial charge in [0.2, 0.25) is 4.96 Å². The van der Waals surface area contributed by atoms with E-state index < -0.39 is 0 Å². The summed E-state index contributed by atoms with van der Waals surface area (Å²) in [5.41, 5.74) is 2.91. The first-order valence-electron chi connectivity index (χ1n) is 7.61. The first-order valence-corrected chi connectivity index (χ1v) is 8.42. The van der Waals surface area contributed by atoms with Crippen molar-refractivity contribution in [2.45, 2.75) is 26.2 Å². The Hall–Kier alpha value is -2.61. The maximum Gasteiger partial charge on any atom is 0.235 e. The van der Waals surface area contributed by atoms with Crippen molar-refractivity contribution in [3.05, 3.63) is 36.3 Å². The minimum absolute atomic E-state index is 0.00412. The monoisotopic (exact) mass is 339 g/mol. The van der Waals surface area contributed by atoms with E-state index in [1.54, 1.807) is 16.9 Å². The SMILES string of the molecule is Cn1nc(C(C)(C)C)cc1-c1nn2c(-c3cccnc3)nnc2s1. The Kier molecular flexibility index (Phi) is 3.24. The first-order chi connectivity index (χ1) is 11.4. The normalized spacial score (nSPS) is 12.2. The number of pyridine rings is 1. The number of aryl methyl sites for hydroxylation is 1. The van der Waals surface area contributed by atoms with Gasteiger partial charge in [-0.2, -0.15) is 14.7 Å². The second kappa shape index (κ2) is 5.20. The van der Waals surface area contributed by atoms with Gasteiger partial charge in [-0.05, 0) is 18.2 Å². The van der Waals surface area contributed by atoms with Gasteiger partial charge >= 0.3 is 0 Å². The number of nitrogens with zero attached hydrogens (tertiary/aromatic N) is 7. The lowest BCUT2D eigenvalue weighted by Gasteiger charge is -2.13. The lowest BCUT2D eigenvalue weighted by molar-refractivity contribution is 0.553. The Labute approximate surface area is 143 Å². The lowest BCUT2D eigenvalue weighted by atomic mass is 9.92. The van der Waals surface area contributed by atoms with Crippen molar-refractivity contribution in [1.82, 2.24) is 34.6 Å². The van der Waals surface area contributed by atoms with Crippen molar-refractivity contribution in [2.75, 3.05) is 0 Å². The van der Waals surface area contributed by atoms with Crippen molar-refractivity contribution in [2.24, 2.45) is 7.05 Å². The highest BCUT2D eigenvalue weighted by Gasteiger charge is 2.22. The Morgan fingerprint density at radius 3 is 2.62 bits per heavy atom.